The largest absolute Gasteiger partial charge is 0.378 e. The maximum atomic E-state index is 11.8. The monoisotopic (exact) mass is 286 g/mol. The van der Waals surface area contributed by atoms with Crippen LogP contribution in [0, 0.1) is 0 Å². The summed E-state index contributed by atoms with van der Waals surface area (Å²) in [6.07, 6.45) is 8.64. The van der Waals surface area contributed by atoms with Crippen molar-refractivity contribution in [2.75, 3.05) is 26.0 Å². The summed E-state index contributed by atoms with van der Waals surface area (Å²) in [4.78, 5) is 11.8. The van der Waals surface area contributed by atoms with E-state index in [0.717, 1.165) is 44.0 Å². The number of thioether (sulfide) groups is 1. The van der Waals surface area contributed by atoms with E-state index in [1.807, 2.05) is 11.8 Å². The zero-order valence-corrected chi connectivity index (χ0v) is 12.6. The molecule has 0 aromatic heterocycles. The third-order valence-corrected chi connectivity index (χ3v) is 5.15. The van der Waals surface area contributed by atoms with Gasteiger partial charge < -0.3 is 15.4 Å². The predicted molar refractivity (Wildman–Crippen MR) is 79.5 cm³/mol. The molecule has 0 radical (unpaired) electrons. The van der Waals surface area contributed by atoms with Gasteiger partial charge >= 0.3 is 0 Å². The van der Waals surface area contributed by atoms with Gasteiger partial charge in [-0.25, -0.2) is 0 Å². The Kier molecular flexibility index (Phi) is 6.47. The third kappa shape index (κ3) is 5.32. The van der Waals surface area contributed by atoms with Crippen molar-refractivity contribution in [2.45, 2.75) is 55.9 Å². The lowest BCUT2D eigenvalue weighted by atomic mass is 10.1. The topological polar surface area (TPSA) is 50.4 Å². The van der Waals surface area contributed by atoms with Crippen LogP contribution in [0.5, 0.6) is 0 Å². The minimum absolute atomic E-state index is 0.153. The van der Waals surface area contributed by atoms with E-state index in [1.165, 1.54) is 6.42 Å². The Balaban J connectivity index is 1.54. The van der Waals surface area contributed by atoms with Crippen LogP contribution >= 0.6 is 11.8 Å². The summed E-state index contributed by atoms with van der Waals surface area (Å²) >= 11 is 1.92. The number of hydrogen-bond donors (Lipinski definition) is 2. The Morgan fingerprint density at radius 3 is 2.79 bits per heavy atom. The molecule has 1 amide bonds. The number of piperidine rings is 1. The molecule has 19 heavy (non-hydrogen) atoms. The molecule has 4 nitrogen and oxygen atoms in total. The number of carbonyl (C=O) groups excluding carboxylic acids is 1. The maximum Gasteiger partial charge on any atom is 0.222 e. The van der Waals surface area contributed by atoms with Crippen molar-refractivity contribution in [3.05, 3.63) is 0 Å². The molecule has 2 aliphatic rings. The van der Waals surface area contributed by atoms with Crippen LogP contribution in [0.4, 0.5) is 0 Å². The lowest BCUT2D eigenvalue weighted by Crippen LogP contribution is -2.35. The van der Waals surface area contributed by atoms with Crippen molar-refractivity contribution < 1.29 is 9.53 Å². The molecule has 0 spiro atoms. The zero-order valence-electron chi connectivity index (χ0n) is 11.8. The van der Waals surface area contributed by atoms with Gasteiger partial charge in [-0.05, 0) is 51.4 Å². The lowest BCUT2D eigenvalue weighted by Gasteiger charge is -2.23. The van der Waals surface area contributed by atoms with Crippen LogP contribution in [-0.4, -0.2) is 49.3 Å². The lowest BCUT2D eigenvalue weighted by molar-refractivity contribution is -0.123. The molecule has 2 unspecified atom stereocenters. The summed E-state index contributed by atoms with van der Waals surface area (Å²) in [5.74, 6) is 0.153. The molecule has 0 aromatic rings. The van der Waals surface area contributed by atoms with Gasteiger partial charge in [0.25, 0.3) is 0 Å². The van der Waals surface area contributed by atoms with E-state index >= 15 is 0 Å². The Labute approximate surface area is 120 Å². The van der Waals surface area contributed by atoms with E-state index in [9.17, 15) is 4.79 Å². The van der Waals surface area contributed by atoms with Crippen LogP contribution in [0.25, 0.3) is 0 Å². The van der Waals surface area contributed by atoms with Gasteiger partial charge in [0.15, 0.2) is 0 Å². The fourth-order valence-corrected chi connectivity index (χ4v) is 3.66. The molecule has 1 aliphatic carbocycles. The second kappa shape index (κ2) is 8.12. The first-order chi connectivity index (χ1) is 9.28. The fraction of sp³-hybridized carbons (Fsp3) is 0.929. The Morgan fingerprint density at radius 2 is 2.11 bits per heavy atom. The first kappa shape index (κ1) is 15.1. The molecular formula is C14H26N2O2S. The maximum absolute atomic E-state index is 11.8. The summed E-state index contributed by atoms with van der Waals surface area (Å²) in [5, 5.41) is 7.18. The molecule has 2 rings (SSSR count). The molecule has 1 aliphatic heterocycles. The van der Waals surface area contributed by atoms with Crippen molar-refractivity contribution in [2.24, 2.45) is 0 Å². The van der Waals surface area contributed by atoms with Crippen LogP contribution < -0.4 is 10.6 Å². The molecule has 5 heteroatoms. The van der Waals surface area contributed by atoms with Crippen LogP contribution in [0.1, 0.15) is 38.5 Å². The fourth-order valence-electron chi connectivity index (χ4n) is 2.87. The molecule has 1 saturated heterocycles. The smallest absolute Gasteiger partial charge is 0.222 e. The highest BCUT2D eigenvalue weighted by molar-refractivity contribution is 7.99. The van der Waals surface area contributed by atoms with Crippen molar-refractivity contribution >= 4 is 17.7 Å². The Hall–Kier alpha value is -0.260. The summed E-state index contributed by atoms with van der Waals surface area (Å²) in [7, 11) is 0. The van der Waals surface area contributed by atoms with Gasteiger partial charge in [0.1, 0.15) is 0 Å². The van der Waals surface area contributed by atoms with Crippen LogP contribution in [-0.2, 0) is 9.53 Å². The minimum atomic E-state index is 0.153. The standard InChI is InChI=1S/C14H26N2O2S/c1-19-13-3-2-11(10-13)16-14(17)6-9-18-12-4-7-15-8-5-12/h11-13,15H,2-10H2,1H3,(H,16,17). The van der Waals surface area contributed by atoms with Crippen LogP contribution in [0.2, 0.25) is 0 Å². The van der Waals surface area contributed by atoms with Gasteiger partial charge in [0.05, 0.1) is 12.7 Å². The molecule has 2 fully saturated rings. The normalized spacial score (nSPS) is 28.5. The summed E-state index contributed by atoms with van der Waals surface area (Å²) in [6, 6.07) is 0.392. The number of amides is 1. The Morgan fingerprint density at radius 1 is 1.32 bits per heavy atom. The highest BCUT2D eigenvalue weighted by Crippen LogP contribution is 2.28. The molecule has 1 heterocycles. The van der Waals surface area contributed by atoms with Gasteiger partial charge in [-0.15, -0.1) is 0 Å². The second-order valence-electron chi connectivity index (χ2n) is 5.51. The van der Waals surface area contributed by atoms with Gasteiger partial charge in [-0.2, -0.15) is 11.8 Å². The first-order valence-corrected chi connectivity index (χ1v) is 8.71. The molecule has 110 valence electrons. The van der Waals surface area contributed by atoms with Gasteiger partial charge in [0.2, 0.25) is 5.91 Å². The summed E-state index contributed by atoms with van der Waals surface area (Å²) in [6.45, 7) is 2.64. The average Bonchev–Trinajstić information content (AvgIpc) is 2.87. The van der Waals surface area contributed by atoms with Crippen molar-refractivity contribution in [1.29, 1.82) is 0 Å². The van der Waals surface area contributed by atoms with Gasteiger partial charge in [-0.1, -0.05) is 0 Å². The average molecular weight is 286 g/mol. The number of carbonyl (C=O) groups is 1. The molecule has 2 atom stereocenters. The first-order valence-electron chi connectivity index (χ1n) is 7.42. The second-order valence-corrected chi connectivity index (χ2v) is 6.64. The van der Waals surface area contributed by atoms with E-state index in [2.05, 4.69) is 16.9 Å². The summed E-state index contributed by atoms with van der Waals surface area (Å²) in [5.41, 5.74) is 0. The van der Waals surface area contributed by atoms with Crippen LogP contribution in [0.3, 0.4) is 0 Å². The highest BCUT2D eigenvalue weighted by atomic mass is 32.2. The summed E-state index contributed by atoms with van der Waals surface area (Å²) < 4.78 is 5.76. The SMILES string of the molecule is CSC1CCC(NC(=O)CCOC2CCNCC2)C1. The predicted octanol–water partition coefficient (Wildman–Crippen LogP) is 1.55. The van der Waals surface area contributed by atoms with Crippen molar-refractivity contribution in [3.8, 4) is 0 Å². The highest BCUT2D eigenvalue weighted by Gasteiger charge is 2.25. The molecular weight excluding hydrogens is 260 g/mol. The molecule has 0 bridgehead atoms. The van der Waals surface area contributed by atoms with E-state index in [4.69, 9.17) is 4.74 Å². The van der Waals surface area contributed by atoms with Crippen LogP contribution in [0.15, 0.2) is 0 Å². The number of ether oxygens (including phenoxy) is 1. The van der Waals surface area contributed by atoms with E-state index < -0.39 is 0 Å². The van der Waals surface area contributed by atoms with Gasteiger partial charge in [-0.3, -0.25) is 4.79 Å². The molecule has 1 saturated carbocycles. The van der Waals surface area contributed by atoms with Crippen molar-refractivity contribution in [1.82, 2.24) is 10.6 Å². The Bertz CT molecular complexity index is 283. The van der Waals surface area contributed by atoms with Gasteiger partial charge in [0, 0.05) is 17.7 Å². The number of rotatable bonds is 6. The number of nitrogens with one attached hydrogen (secondary N) is 2. The van der Waals surface area contributed by atoms with E-state index in [-0.39, 0.29) is 5.91 Å². The van der Waals surface area contributed by atoms with E-state index in [1.54, 1.807) is 0 Å². The van der Waals surface area contributed by atoms with E-state index in [0.29, 0.717) is 25.2 Å². The quantitative estimate of drug-likeness (QED) is 0.778. The number of hydrogen-bond acceptors (Lipinski definition) is 4. The van der Waals surface area contributed by atoms with Crippen molar-refractivity contribution in [3.63, 3.8) is 0 Å². The molecule has 2 N–H and O–H groups in total. The zero-order chi connectivity index (χ0) is 13.5. The minimum Gasteiger partial charge on any atom is -0.378 e. The third-order valence-electron chi connectivity index (χ3n) is 4.05. The molecule has 0 aromatic carbocycles.